The van der Waals surface area contributed by atoms with Crippen LogP contribution in [0.1, 0.15) is 15.9 Å². The monoisotopic (exact) mass is 445 g/mol. The summed E-state index contributed by atoms with van der Waals surface area (Å²) >= 11 is 0.934. The van der Waals surface area contributed by atoms with Gasteiger partial charge in [0.25, 0.3) is 5.56 Å². The summed E-state index contributed by atoms with van der Waals surface area (Å²) in [6.07, 6.45) is 0. The number of carbonyl (C=O) groups is 2. The number of esters is 1. The lowest BCUT2D eigenvalue weighted by Gasteiger charge is -2.16. The standard InChI is InChI=1S/C18H19N7O5S/c1-30-12(27)8-25-15(28)13(11(26)9-31-17-21-16(20)22-23-17)14(19)24(18(25)29)7-10-5-3-2-4-6-10/h2-6H,7-9,19H2,1H3,(H3,20,21,22,23). The molecule has 162 valence electrons. The molecule has 0 aliphatic heterocycles. The van der Waals surface area contributed by atoms with Crippen LogP contribution in [-0.2, 0) is 22.6 Å². The molecule has 0 amide bonds. The fourth-order valence-corrected chi connectivity index (χ4v) is 3.43. The summed E-state index contributed by atoms with van der Waals surface area (Å²) in [6, 6.07) is 8.85. The molecule has 0 radical (unpaired) electrons. The van der Waals surface area contributed by atoms with Crippen molar-refractivity contribution in [1.29, 1.82) is 0 Å². The fraction of sp³-hybridized carbons (Fsp3) is 0.222. The van der Waals surface area contributed by atoms with Gasteiger partial charge >= 0.3 is 11.7 Å². The van der Waals surface area contributed by atoms with Gasteiger partial charge in [0.15, 0.2) is 5.78 Å². The van der Waals surface area contributed by atoms with Crippen LogP contribution in [0.4, 0.5) is 11.8 Å². The third-order valence-corrected chi connectivity index (χ3v) is 5.11. The van der Waals surface area contributed by atoms with Crippen molar-refractivity contribution in [3.63, 3.8) is 0 Å². The second-order valence-corrected chi connectivity index (χ2v) is 7.24. The maximum absolute atomic E-state index is 12.9. The number of aromatic nitrogens is 5. The Labute approximate surface area is 179 Å². The van der Waals surface area contributed by atoms with E-state index in [1.807, 2.05) is 0 Å². The van der Waals surface area contributed by atoms with Gasteiger partial charge in [0.05, 0.1) is 19.4 Å². The molecule has 31 heavy (non-hydrogen) atoms. The summed E-state index contributed by atoms with van der Waals surface area (Å²) < 4.78 is 6.27. The quantitative estimate of drug-likeness (QED) is 0.232. The maximum Gasteiger partial charge on any atom is 0.333 e. The van der Waals surface area contributed by atoms with Gasteiger partial charge in [-0.3, -0.25) is 19.0 Å². The number of carbonyl (C=O) groups excluding carboxylic acids is 2. The Kier molecular flexibility index (Phi) is 6.55. The Morgan fingerprint density at radius 1 is 1.16 bits per heavy atom. The highest BCUT2D eigenvalue weighted by Crippen LogP contribution is 2.17. The molecule has 0 spiro atoms. The first-order chi connectivity index (χ1) is 14.8. The first kappa shape index (κ1) is 21.8. The van der Waals surface area contributed by atoms with Crippen molar-refractivity contribution in [2.45, 2.75) is 18.2 Å². The third kappa shape index (κ3) is 4.83. The van der Waals surface area contributed by atoms with Crippen LogP contribution < -0.4 is 22.7 Å². The van der Waals surface area contributed by atoms with E-state index in [1.54, 1.807) is 30.3 Å². The minimum atomic E-state index is -0.975. The van der Waals surface area contributed by atoms with Crippen LogP contribution in [0.5, 0.6) is 0 Å². The van der Waals surface area contributed by atoms with Gasteiger partial charge in [-0.05, 0) is 5.56 Å². The zero-order chi connectivity index (χ0) is 22.5. The third-order valence-electron chi connectivity index (χ3n) is 4.26. The van der Waals surface area contributed by atoms with Crippen LogP contribution in [-0.4, -0.2) is 48.9 Å². The zero-order valence-corrected chi connectivity index (χ0v) is 17.2. The number of nitrogens with zero attached hydrogens (tertiary/aromatic N) is 4. The number of thioether (sulfide) groups is 1. The van der Waals surface area contributed by atoms with Gasteiger partial charge in [-0.25, -0.2) is 14.5 Å². The Morgan fingerprint density at radius 2 is 1.87 bits per heavy atom. The SMILES string of the molecule is COC(=O)Cn1c(=O)c(C(=O)CSc2n[nH]c(N)n2)c(N)n(Cc2ccccc2)c1=O. The molecule has 12 nitrogen and oxygen atoms in total. The molecule has 2 aromatic heterocycles. The molecule has 3 aromatic rings. The molecule has 0 aliphatic carbocycles. The van der Waals surface area contributed by atoms with E-state index < -0.39 is 35.1 Å². The van der Waals surface area contributed by atoms with Gasteiger partial charge in [-0.1, -0.05) is 42.1 Å². The van der Waals surface area contributed by atoms with Gasteiger partial charge in [0.1, 0.15) is 17.9 Å². The average molecular weight is 445 g/mol. The highest BCUT2D eigenvalue weighted by molar-refractivity contribution is 7.99. The van der Waals surface area contributed by atoms with E-state index >= 15 is 0 Å². The molecule has 13 heteroatoms. The van der Waals surface area contributed by atoms with Crippen molar-refractivity contribution in [2.24, 2.45) is 0 Å². The van der Waals surface area contributed by atoms with E-state index in [0.717, 1.165) is 23.4 Å². The van der Waals surface area contributed by atoms with Gasteiger partial charge in [-0.2, -0.15) is 4.98 Å². The summed E-state index contributed by atoms with van der Waals surface area (Å²) in [6.45, 7) is -0.661. The van der Waals surface area contributed by atoms with Crippen LogP contribution in [0, 0.1) is 0 Å². The van der Waals surface area contributed by atoms with Crippen molar-refractivity contribution in [1.82, 2.24) is 24.3 Å². The number of H-pyrrole nitrogens is 1. The van der Waals surface area contributed by atoms with Gasteiger partial charge in [0.2, 0.25) is 11.1 Å². The number of nitrogen functional groups attached to an aromatic ring is 2. The Hall–Kier alpha value is -3.87. The van der Waals surface area contributed by atoms with Crippen molar-refractivity contribution in [3.8, 4) is 0 Å². The predicted octanol–water partition coefficient (Wildman–Crippen LogP) is -0.511. The summed E-state index contributed by atoms with van der Waals surface area (Å²) in [4.78, 5) is 54.3. The molecule has 2 heterocycles. The van der Waals surface area contributed by atoms with Crippen LogP contribution in [0.25, 0.3) is 0 Å². The number of nitrogens with two attached hydrogens (primary N) is 2. The lowest BCUT2D eigenvalue weighted by molar-refractivity contribution is -0.141. The predicted molar refractivity (Wildman–Crippen MR) is 113 cm³/mol. The van der Waals surface area contributed by atoms with Crippen molar-refractivity contribution < 1.29 is 14.3 Å². The van der Waals surface area contributed by atoms with Crippen molar-refractivity contribution in [2.75, 3.05) is 24.3 Å². The highest BCUT2D eigenvalue weighted by Gasteiger charge is 2.24. The number of benzene rings is 1. The fourth-order valence-electron chi connectivity index (χ4n) is 2.75. The van der Waals surface area contributed by atoms with E-state index in [2.05, 4.69) is 19.9 Å². The topological polar surface area (TPSA) is 181 Å². The van der Waals surface area contributed by atoms with E-state index in [0.29, 0.717) is 10.1 Å². The summed E-state index contributed by atoms with van der Waals surface area (Å²) in [5, 5.41) is 6.44. The molecule has 0 bridgehead atoms. The molecule has 3 rings (SSSR count). The number of aromatic amines is 1. The van der Waals surface area contributed by atoms with Crippen LogP contribution in [0.15, 0.2) is 45.1 Å². The number of hydrogen-bond acceptors (Lipinski definition) is 10. The van der Waals surface area contributed by atoms with Crippen LogP contribution >= 0.6 is 11.8 Å². The molecule has 0 fully saturated rings. The number of Topliss-reactive ketones (excluding diaryl/α,β-unsaturated/α-hetero) is 1. The number of nitrogens with one attached hydrogen (secondary N) is 1. The number of hydrogen-bond donors (Lipinski definition) is 3. The Bertz CT molecular complexity index is 1230. The molecular weight excluding hydrogens is 426 g/mol. The lowest BCUT2D eigenvalue weighted by atomic mass is 10.2. The van der Waals surface area contributed by atoms with Gasteiger partial charge in [0, 0.05) is 0 Å². The number of anilines is 2. The Balaban J connectivity index is 2.05. The molecule has 0 aliphatic rings. The van der Waals surface area contributed by atoms with Crippen LogP contribution in [0.3, 0.4) is 0 Å². The molecule has 0 atom stereocenters. The van der Waals surface area contributed by atoms with E-state index in [4.69, 9.17) is 11.5 Å². The highest BCUT2D eigenvalue weighted by atomic mass is 32.2. The second kappa shape index (κ2) is 9.30. The van der Waals surface area contributed by atoms with Crippen molar-refractivity contribution >= 4 is 35.3 Å². The summed E-state index contributed by atoms with van der Waals surface area (Å²) in [7, 11) is 1.12. The number of ketones is 1. The molecular formula is C18H19N7O5S. The summed E-state index contributed by atoms with van der Waals surface area (Å²) in [5.41, 5.74) is 10.0. The largest absolute Gasteiger partial charge is 0.468 e. The second-order valence-electron chi connectivity index (χ2n) is 6.30. The zero-order valence-electron chi connectivity index (χ0n) is 16.4. The normalized spacial score (nSPS) is 10.7. The number of ether oxygens (including phenoxy) is 1. The van der Waals surface area contributed by atoms with E-state index in [-0.39, 0.29) is 29.2 Å². The molecule has 0 saturated carbocycles. The van der Waals surface area contributed by atoms with E-state index in [9.17, 15) is 19.2 Å². The first-order valence-corrected chi connectivity index (χ1v) is 9.88. The Morgan fingerprint density at radius 3 is 2.48 bits per heavy atom. The van der Waals surface area contributed by atoms with Gasteiger partial charge < -0.3 is 16.2 Å². The first-order valence-electron chi connectivity index (χ1n) is 8.89. The molecule has 0 unspecified atom stereocenters. The lowest BCUT2D eigenvalue weighted by Crippen LogP contribution is -2.45. The molecule has 1 aromatic carbocycles. The molecule has 0 saturated heterocycles. The van der Waals surface area contributed by atoms with Crippen molar-refractivity contribution in [3.05, 3.63) is 62.3 Å². The maximum atomic E-state index is 12.9. The number of methoxy groups -OCH3 is 1. The average Bonchev–Trinajstić information content (AvgIpc) is 3.18. The number of rotatable bonds is 8. The minimum Gasteiger partial charge on any atom is -0.468 e. The van der Waals surface area contributed by atoms with E-state index in [1.165, 1.54) is 0 Å². The molecule has 5 N–H and O–H groups in total. The minimum absolute atomic E-state index is 0.00215. The summed E-state index contributed by atoms with van der Waals surface area (Å²) in [5.74, 6) is -1.93. The van der Waals surface area contributed by atoms with Crippen LogP contribution in [0.2, 0.25) is 0 Å². The van der Waals surface area contributed by atoms with Gasteiger partial charge in [-0.15, -0.1) is 5.10 Å². The smallest absolute Gasteiger partial charge is 0.333 e.